The lowest BCUT2D eigenvalue weighted by molar-refractivity contribution is -0.122. The molecule has 0 spiro atoms. The summed E-state index contributed by atoms with van der Waals surface area (Å²) in [5, 5.41) is 3.44. The molecule has 4 aliphatic rings. The van der Waals surface area contributed by atoms with Crippen molar-refractivity contribution in [1.29, 1.82) is 0 Å². The molecular weight excluding hydrogens is 447 g/mol. The molecule has 6 rings (SSSR count). The zero-order valence-corrected chi connectivity index (χ0v) is 20.0. The Morgan fingerprint density at radius 3 is 2.49 bits per heavy atom. The Labute approximate surface area is 205 Å². The highest BCUT2D eigenvalue weighted by atomic mass is 19.1. The van der Waals surface area contributed by atoms with Gasteiger partial charge in [0.1, 0.15) is 24.8 Å². The number of rotatable bonds is 9. The summed E-state index contributed by atoms with van der Waals surface area (Å²) in [7, 11) is 0. The number of carbonyl (C=O) groups is 1. The van der Waals surface area contributed by atoms with Crippen LogP contribution in [-0.2, 0) is 4.79 Å². The molecule has 2 bridgehead atoms. The number of hydrogen-bond donors (Lipinski definition) is 1. The van der Waals surface area contributed by atoms with E-state index in [9.17, 15) is 9.18 Å². The van der Waals surface area contributed by atoms with E-state index in [0.717, 1.165) is 24.5 Å². The first-order valence-corrected chi connectivity index (χ1v) is 12.9. The van der Waals surface area contributed by atoms with E-state index >= 15 is 0 Å². The lowest BCUT2D eigenvalue weighted by Gasteiger charge is -2.30. The van der Waals surface area contributed by atoms with Gasteiger partial charge < -0.3 is 19.5 Å². The number of fused-ring (bicyclic) bond motifs is 3. The smallest absolute Gasteiger partial charge is 0.220 e. The maximum Gasteiger partial charge on any atom is 0.220 e. The second-order valence-electron chi connectivity index (χ2n) is 10.4. The highest BCUT2D eigenvalue weighted by molar-refractivity contribution is 5.78. The Bertz CT molecular complexity index is 1060. The molecular formula is C28H33FN2O4. The average molecular weight is 481 g/mol. The van der Waals surface area contributed by atoms with Crippen molar-refractivity contribution < 1.29 is 23.4 Å². The minimum atomic E-state index is -0.287. The van der Waals surface area contributed by atoms with E-state index < -0.39 is 0 Å². The van der Waals surface area contributed by atoms with Gasteiger partial charge in [0.05, 0.1) is 12.1 Å². The molecule has 0 radical (unpaired) electrons. The third-order valence-corrected chi connectivity index (χ3v) is 8.13. The second-order valence-corrected chi connectivity index (χ2v) is 10.4. The molecule has 6 nitrogen and oxygen atoms in total. The fourth-order valence-corrected chi connectivity index (χ4v) is 6.27. The van der Waals surface area contributed by atoms with Gasteiger partial charge in [0.25, 0.3) is 0 Å². The van der Waals surface area contributed by atoms with Crippen molar-refractivity contribution >= 4 is 5.91 Å². The molecule has 3 heterocycles. The van der Waals surface area contributed by atoms with Gasteiger partial charge in [-0.15, -0.1) is 0 Å². The topological polar surface area (TPSA) is 60.0 Å². The first-order valence-electron chi connectivity index (χ1n) is 12.9. The van der Waals surface area contributed by atoms with Crippen molar-refractivity contribution in [2.75, 3.05) is 26.4 Å². The minimum Gasteiger partial charge on any atom is -0.494 e. The number of halogens is 1. The minimum absolute atomic E-state index is 0.0688. The summed E-state index contributed by atoms with van der Waals surface area (Å²) in [5.74, 6) is 2.28. The van der Waals surface area contributed by atoms with Crippen molar-refractivity contribution in [2.24, 2.45) is 0 Å². The van der Waals surface area contributed by atoms with Crippen molar-refractivity contribution in [3.8, 4) is 17.2 Å². The maximum atomic E-state index is 13.1. The number of hydrogen-bond acceptors (Lipinski definition) is 5. The van der Waals surface area contributed by atoms with Gasteiger partial charge >= 0.3 is 0 Å². The lowest BCUT2D eigenvalue weighted by atomic mass is 10.0. The van der Waals surface area contributed by atoms with Gasteiger partial charge in [0, 0.05) is 31.0 Å². The van der Waals surface area contributed by atoms with Crippen LogP contribution in [0.3, 0.4) is 0 Å². The number of carbonyl (C=O) groups excluding carboxylic acids is 1. The summed E-state index contributed by atoms with van der Waals surface area (Å²) in [6, 6.07) is 13.5. The molecule has 1 aliphatic carbocycles. The Hall–Kier alpha value is -2.80. The Balaban J connectivity index is 1.10. The van der Waals surface area contributed by atoms with Crippen LogP contribution < -0.4 is 19.5 Å². The fourth-order valence-electron chi connectivity index (χ4n) is 6.27. The van der Waals surface area contributed by atoms with Gasteiger partial charge in [-0.25, -0.2) is 4.39 Å². The van der Waals surface area contributed by atoms with Gasteiger partial charge in [-0.1, -0.05) is 6.07 Å². The van der Waals surface area contributed by atoms with E-state index in [1.807, 2.05) is 6.07 Å². The van der Waals surface area contributed by atoms with Crippen LogP contribution >= 0.6 is 0 Å². The van der Waals surface area contributed by atoms with E-state index in [2.05, 4.69) is 22.3 Å². The first-order chi connectivity index (χ1) is 17.1. The predicted octanol–water partition coefficient (Wildman–Crippen LogP) is 4.43. The highest BCUT2D eigenvalue weighted by Gasteiger charge is 2.58. The Kier molecular flexibility index (Phi) is 6.04. The highest BCUT2D eigenvalue weighted by Crippen LogP contribution is 2.55. The van der Waals surface area contributed by atoms with Crippen LogP contribution in [-0.4, -0.2) is 54.8 Å². The summed E-state index contributed by atoms with van der Waals surface area (Å²) >= 11 is 0. The molecule has 1 amide bonds. The monoisotopic (exact) mass is 480 g/mol. The Morgan fingerprint density at radius 2 is 1.74 bits per heavy atom. The summed E-state index contributed by atoms with van der Waals surface area (Å²) in [6.07, 6.45) is 7.09. The van der Waals surface area contributed by atoms with Crippen LogP contribution in [0.1, 0.15) is 56.4 Å². The van der Waals surface area contributed by atoms with E-state index in [-0.39, 0.29) is 23.2 Å². The molecule has 7 heteroatoms. The molecule has 3 fully saturated rings. The predicted molar refractivity (Wildman–Crippen MR) is 130 cm³/mol. The van der Waals surface area contributed by atoms with E-state index in [4.69, 9.17) is 14.2 Å². The molecule has 186 valence electrons. The zero-order chi connectivity index (χ0) is 23.8. The van der Waals surface area contributed by atoms with Crippen molar-refractivity contribution in [1.82, 2.24) is 10.2 Å². The summed E-state index contributed by atoms with van der Waals surface area (Å²) in [5.41, 5.74) is 0.977. The number of benzene rings is 2. The number of nitrogens with zero attached hydrogens (tertiary/aromatic N) is 1. The molecule has 2 aromatic carbocycles. The number of ether oxygens (including phenoxy) is 3. The van der Waals surface area contributed by atoms with Crippen LogP contribution in [0.4, 0.5) is 4.39 Å². The third-order valence-electron chi connectivity index (χ3n) is 8.13. The standard InChI is InChI=1S/C28H33FN2O4/c29-20-4-10-23(11-5-20)33-13-1-2-27(32)30-28(18-31-21-6-7-22(31)9-8-21)17-24(28)19-3-12-25-26(16-19)35-15-14-34-25/h3-5,10-12,16,21-22,24H,1-2,6-9,13-15,17-18H2,(H,30,32)/t21?,22?,24?,28-/m1/s1. The Morgan fingerprint density at radius 1 is 1.03 bits per heavy atom. The van der Waals surface area contributed by atoms with Gasteiger partial charge in [-0.2, -0.15) is 0 Å². The molecule has 35 heavy (non-hydrogen) atoms. The normalized spacial score (nSPS) is 28.7. The molecule has 0 aromatic heterocycles. The summed E-state index contributed by atoms with van der Waals surface area (Å²) in [4.78, 5) is 15.7. The average Bonchev–Trinajstić information content (AvgIpc) is 3.28. The number of amides is 1. The number of nitrogens with one attached hydrogen (secondary N) is 1. The van der Waals surface area contributed by atoms with Crippen molar-refractivity contribution in [3.63, 3.8) is 0 Å². The van der Waals surface area contributed by atoms with Crippen LogP contribution in [0, 0.1) is 5.82 Å². The third kappa shape index (κ3) is 4.70. The molecule has 2 aromatic rings. The molecule has 2 atom stereocenters. The molecule has 2 saturated heterocycles. The van der Waals surface area contributed by atoms with Gasteiger partial charge in [-0.3, -0.25) is 9.69 Å². The van der Waals surface area contributed by atoms with Crippen LogP contribution in [0.2, 0.25) is 0 Å². The summed E-state index contributed by atoms with van der Waals surface area (Å²) < 4.78 is 30.2. The lowest BCUT2D eigenvalue weighted by Crippen LogP contribution is -2.48. The fraction of sp³-hybridized carbons (Fsp3) is 0.536. The van der Waals surface area contributed by atoms with Crippen LogP contribution in [0.5, 0.6) is 17.2 Å². The summed E-state index contributed by atoms with van der Waals surface area (Å²) in [6.45, 7) is 2.49. The van der Waals surface area contributed by atoms with Crippen molar-refractivity contribution in [2.45, 2.75) is 68.5 Å². The van der Waals surface area contributed by atoms with Crippen LogP contribution in [0.15, 0.2) is 42.5 Å². The molecule has 1 unspecified atom stereocenters. The maximum absolute atomic E-state index is 13.1. The molecule has 1 saturated carbocycles. The van der Waals surface area contributed by atoms with Crippen molar-refractivity contribution in [3.05, 3.63) is 53.8 Å². The zero-order valence-electron chi connectivity index (χ0n) is 20.0. The second kappa shape index (κ2) is 9.34. The van der Waals surface area contributed by atoms with E-state index in [1.165, 1.54) is 43.4 Å². The van der Waals surface area contributed by atoms with Crippen LogP contribution in [0.25, 0.3) is 0 Å². The van der Waals surface area contributed by atoms with Gasteiger partial charge in [-0.05, 0) is 80.5 Å². The first kappa shape index (κ1) is 22.7. The van der Waals surface area contributed by atoms with E-state index in [0.29, 0.717) is 50.5 Å². The van der Waals surface area contributed by atoms with E-state index in [1.54, 1.807) is 12.1 Å². The van der Waals surface area contributed by atoms with Gasteiger partial charge in [0.2, 0.25) is 5.91 Å². The van der Waals surface area contributed by atoms with Gasteiger partial charge in [0.15, 0.2) is 11.5 Å². The molecule has 1 N–H and O–H groups in total. The quantitative estimate of drug-likeness (QED) is 0.539. The molecule has 3 aliphatic heterocycles. The SMILES string of the molecule is O=C(CCCOc1ccc(F)cc1)N[C@@]1(CN2C3CCC2CC3)CC1c1ccc2c(c1)OCCO2. The largest absolute Gasteiger partial charge is 0.494 e.